The monoisotopic (exact) mass is 231 g/mol. The highest BCUT2D eigenvalue weighted by Gasteiger charge is 2.35. The summed E-state index contributed by atoms with van der Waals surface area (Å²) < 4.78 is 0. The topological polar surface area (TPSA) is 46.2 Å². The van der Waals surface area contributed by atoms with E-state index in [0.717, 1.165) is 12.0 Å². The highest BCUT2D eigenvalue weighted by Crippen LogP contribution is 2.44. The Labute approximate surface area is 98.4 Å². The average Bonchev–Trinajstić information content (AvgIpc) is 2.82. The molecule has 1 aliphatic rings. The largest absolute Gasteiger partial charge is 0.508 e. The number of phenols is 1. The summed E-state index contributed by atoms with van der Waals surface area (Å²) in [6.45, 7) is 0. The molecule has 1 aromatic carbocycles. The molecule has 0 amide bonds. The molecular formula is C13H13NOS. The number of phenolic OH excluding ortho intramolecular Hbond substituents is 1. The first-order valence-electron chi connectivity index (χ1n) is 5.39. The standard InChI is InChI=1S/C13H13NOS/c14-11-7-10(11)13-6-5-12(16-13)8-1-3-9(15)4-2-8/h1-6,10-11,15H,7,14H2/t10-,11+/m1/s1. The maximum atomic E-state index is 9.23. The molecular weight excluding hydrogens is 218 g/mol. The molecule has 0 unspecified atom stereocenters. The van der Waals surface area contributed by atoms with Crippen molar-refractivity contribution in [3.8, 4) is 16.2 Å². The van der Waals surface area contributed by atoms with Crippen LogP contribution >= 0.6 is 11.3 Å². The molecule has 2 atom stereocenters. The van der Waals surface area contributed by atoms with Gasteiger partial charge >= 0.3 is 0 Å². The number of rotatable bonds is 2. The maximum absolute atomic E-state index is 9.23. The van der Waals surface area contributed by atoms with E-state index in [4.69, 9.17) is 5.73 Å². The molecule has 0 saturated heterocycles. The van der Waals surface area contributed by atoms with Gasteiger partial charge in [0.2, 0.25) is 0 Å². The van der Waals surface area contributed by atoms with Crippen LogP contribution in [0.1, 0.15) is 17.2 Å². The van der Waals surface area contributed by atoms with Gasteiger partial charge in [0.05, 0.1) is 0 Å². The molecule has 82 valence electrons. The fourth-order valence-electron chi connectivity index (χ4n) is 1.87. The molecule has 3 rings (SSSR count). The Morgan fingerprint density at radius 2 is 1.81 bits per heavy atom. The zero-order chi connectivity index (χ0) is 11.1. The highest BCUT2D eigenvalue weighted by molar-refractivity contribution is 7.15. The van der Waals surface area contributed by atoms with Gasteiger partial charge in [-0.2, -0.15) is 0 Å². The number of thiophene rings is 1. The smallest absolute Gasteiger partial charge is 0.115 e. The van der Waals surface area contributed by atoms with Crippen LogP contribution in [-0.2, 0) is 0 Å². The Bertz CT molecular complexity index is 503. The molecule has 16 heavy (non-hydrogen) atoms. The minimum atomic E-state index is 0.310. The molecule has 1 saturated carbocycles. The van der Waals surface area contributed by atoms with E-state index in [9.17, 15) is 5.11 Å². The lowest BCUT2D eigenvalue weighted by Gasteiger charge is -1.97. The van der Waals surface area contributed by atoms with E-state index in [-0.39, 0.29) is 0 Å². The average molecular weight is 231 g/mol. The van der Waals surface area contributed by atoms with Crippen LogP contribution in [-0.4, -0.2) is 11.1 Å². The van der Waals surface area contributed by atoms with Gasteiger partial charge in [0.25, 0.3) is 0 Å². The summed E-state index contributed by atoms with van der Waals surface area (Å²) in [6.07, 6.45) is 1.12. The van der Waals surface area contributed by atoms with E-state index in [2.05, 4.69) is 12.1 Å². The molecule has 3 N–H and O–H groups in total. The zero-order valence-electron chi connectivity index (χ0n) is 8.76. The molecule has 2 aromatic rings. The van der Waals surface area contributed by atoms with Gasteiger partial charge in [-0.3, -0.25) is 0 Å². The third kappa shape index (κ3) is 1.72. The van der Waals surface area contributed by atoms with Gasteiger partial charge < -0.3 is 10.8 Å². The maximum Gasteiger partial charge on any atom is 0.115 e. The van der Waals surface area contributed by atoms with Crippen LogP contribution in [0.4, 0.5) is 0 Å². The van der Waals surface area contributed by atoms with Gasteiger partial charge in [0.1, 0.15) is 5.75 Å². The highest BCUT2D eigenvalue weighted by atomic mass is 32.1. The lowest BCUT2D eigenvalue weighted by molar-refractivity contribution is 0.475. The molecule has 3 heteroatoms. The van der Waals surface area contributed by atoms with Gasteiger partial charge in [-0.15, -0.1) is 11.3 Å². The fourth-order valence-corrected chi connectivity index (χ4v) is 3.08. The summed E-state index contributed by atoms with van der Waals surface area (Å²) in [7, 11) is 0. The van der Waals surface area contributed by atoms with Gasteiger partial charge in [0, 0.05) is 21.7 Å². The normalized spacial score (nSPS) is 23.3. The third-order valence-corrected chi connectivity index (χ3v) is 4.25. The molecule has 1 aliphatic carbocycles. The molecule has 1 aromatic heterocycles. The second kappa shape index (κ2) is 3.61. The van der Waals surface area contributed by atoms with Crippen LogP contribution in [0.3, 0.4) is 0 Å². The lowest BCUT2D eigenvalue weighted by Crippen LogP contribution is -1.99. The molecule has 0 radical (unpaired) electrons. The van der Waals surface area contributed by atoms with Crippen LogP contribution in [0.5, 0.6) is 5.75 Å². The van der Waals surface area contributed by atoms with Crippen LogP contribution in [0, 0.1) is 0 Å². The lowest BCUT2D eigenvalue weighted by atomic mass is 10.2. The Morgan fingerprint density at radius 1 is 1.12 bits per heavy atom. The summed E-state index contributed by atoms with van der Waals surface area (Å²) in [5.74, 6) is 0.889. The fraction of sp³-hybridized carbons (Fsp3) is 0.231. The minimum absolute atomic E-state index is 0.310. The summed E-state index contributed by atoms with van der Waals surface area (Å²) in [5, 5.41) is 9.23. The second-order valence-electron chi connectivity index (χ2n) is 4.25. The van der Waals surface area contributed by atoms with Crippen molar-refractivity contribution in [3.63, 3.8) is 0 Å². The first kappa shape index (κ1) is 9.87. The van der Waals surface area contributed by atoms with Crippen molar-refractivity contribution < 1.29 is 5.11 Å². The van der Waals surface area contributed by atoms with Gasteiger partial charge in [-0.1, -0.05) is 0 Å². The number of nitrogens with two attached hydrogens (primary N) is 1. The molecule has 1 fully saturated rings. The molecule has 0 bridgehead atoms. The van der Waals surface area contributed by atoms with E-state index in [1.54, 1.807) is 23.5 Å². The Morgan fingerprint density at radius 3 is 2.44 bits per heavy atom. The number of hydrogen-bond donors (Lipinski definition) is 2. The SMILES string of the molecule is N[C@H]1C[C@H]1c1ccc(-c2ccc(O)cc2)s1. The predicted molar refractivity (Wildman–Crippen MR) is 66.8 cm³/mol. The van der Waals surface area contributed by atoms with Crippen molar-refractivity contribution in [2.75, 3.05) is 0 Å². The van der Waals surface area contributed by atoms with Crippen LogP contribution < -0.4 is 5.73 Å². The third-order valence-electron chi connectivity index (χ3n) is 2.98. The summed E-state index contributed by atoms with van der Waals surface area (Å²) in [4.78, 5) is 2.63. The zero-order valence-corrected chi connectivity index (χ0v) is 9.58. The van der Waals surface area contributed by atoms with Crippen LogP contribution in [0.2, 0.25) is 0 Å². The summed E-state index contributed by atoms with van der Waals surface area (Å²) in [5.41, 5.74) is 7.00. The number of hydrogen-bond acceptors (Lipinski definition) is 3. The number of aromatic hydroxyl groups is 1. The molecule has 0 spiro atoms. The van der Waals surface area contributed by atoms with Crippen molar-refractivity contribution in [2.24, 2.45) is 5.73 Å². The first-order valence-corrected chi connectivity index (χ1v) is 6.20. The predicted octanol–water partition coefficient (Wildman–Crippen LogP) is 2.94. The molecule has 1 heterocycles. The van der Waals surface area contributed by atoms with Crippen LogP contribution in [0.25, 0.3) is 10.4 Å². The Kier molecular flexibility index (Phi) is 2.23. The first-order chi connectivity index (χ1) is 7.74. The van der Waals surface area contributed by atoms with Gasteiger partial charge in [-0.05, 0) is 48.4 Å². The van der Waals surface area contributed by atoms with Crippen molar-refractivity contribution in [3.05, 3.63) is 41.3 Å². The van der Waals surface area contributed by atoms with E-state index in [1.165, 1.54) is 9.75 Å². The minimum Gasteiger partial charge on any atom is -0.508 e. The van der Waals surface area contributed by atoms with Crippen molar-refractivity contribution >= 4 is 11.3 Å². The summed E-state index contributed by atoms with van der Waals surface area (Å²) >= 11 is 1.80. The van der Waals surface area contributed by atoms with Crippen molar-refractivity contribution in [1.82, 2.24) is 0 Å². The molecule has 2 nitrogen and oxygen atoms in total. The van der Waals surface area contributed by atoms with E-state index in [1.807, 2.05) is 12.1 Å². The van der Waals surface area contributed by atoms with E-state index < -0.39 is 0 Å². The van der Waals surface area contributed by atoms with Crippen molar-refractivity contribution in [2.45, 2.75) is 18.4 Å². The van der Waals surface area contributed by atoms with E-state index >= 15 is 0 Å². The van der Waals surface area contributed by atoms with Crippen LogP contribution in [0.15, 0.2) is 36.4 Å². The Balaban J connectivity index is 1.89. The quantitative estimate of drug-likeness (QED) is 0.834. The van der Waals surface area contributed by atoms with Gasteiger partial charge in [-0.25, -0.2) is 0 Å². The number of benzene rings is 1. The Hall–Kier alpha value is -1.32. The van der Waals surface area contributed by atoms with E-state index in [0.29, 0.717) is 17.7 Å². The van der Waals surface area contributed by atoms with Gasteiger partial charge in [0.15, 0.2) is 0 Å². The van der Waals surface area contributed by atoms with Crippen molar-refractivity contribution in [1.29, 1.82) is 0 Å². The second-order valence-corrected chi connectivity index (χ2v) is 5.37. The molecule has 0 aliphatic heterocycles. The summed E-state index contributed by atoms with van der Waals surface area (Å²) in [6, 6.07) is 12.0.